The van der Waals surface area contributed by atoms with E-state index < -0.39 is 26.6 Å². The normalized spacial score (nSPS) is 11.4. The highest BCUT2D eigenvalue weighted by Gasteiger charge is 2.23. The van der Waals surface area contributed by atoms with Crippen LogP contribution in [-0.2, 0) is 16.6 Å². The van der Waals surface area contributed by atoms with Crippen molar-refractivity contribution in [2.75, 3.05) is 7.11 Å². The van der Waals surface area contributed by atoms with Gasteiger partial charge in [0.1, 0.15) is 23.7 Å². The van der Waals surface area contributed by atoms with Crippen molar-refractivity contribution in [2.45, 2.75) is 11.4 Å². The number of aromatic nitrogens is 2. The minimum atomic E-state index is -4.38. The van der Waals surface area contributed by atoms with Crippen molar-refractivity contribution in [3.63, 3.8) is 0 Å². The summed E-state index contributed by atoms with van der Waals surface area (Å²) < 4.78 is 59.1. The molecule has 1 heterocycles. The molecular weight excluding hydrogens is 376 g/mol. The van der Waals surface area contributed by atoms with Gasteiger partial charge in [0.05, 0.1) is 25.0 Å². The number of sulfonamides is 1. The third kappa shape index (κ3) is 4.26. The maximum atomic E-state index is 13.7. The van der Waals surface area contributed by atoms with E-state index in [2.05, 4.69) is 14.7 Å². The first kappa shape index (κ1) is 18.9. The van der Waals surface area contributed by atoms with Crippen LogP contribution >= 0.6 is 0 Å². The van der Waals surface area contributed by atoms with Crippen LogP contribution in [0, 0.1) is 11.6 Å². The molecule has 140 valence electrons. The lowest BCUT2D eigenvalue weighted by molar-refractivity contribution is 0.415. The van der Waals surface area contributed by atoms with Crippen molar-refractivity contribution < 1.29 is 21.9 Å². The molecule has 6 nitrogen and oxygen atoms in total. The molecule has 0 aliphatic rings. The average Bonchev–Trinajstić information content (AvgIpc) is 2.66. The predicted molar refractivity (Wildman–Crippen MR) is 94.4 cm³/mol. The topological polar surface area (TPSA) is 81.2 Å². The van der Waals surface area contributed by atoms with Crippen molar-refractivity contribution in [1.29, 1.82) is 0 Å². The molecule has 0 atom stereocenters. The molecule has 0 spiro atoms. The number of benzene rings is 2. The Bertz CT molecular complexity index is 1040. The Morgan fingerprint density at radius 3 is 2.33 bits per heavy atom. The SMILES string of the molecule is COc1ccc(-c2cc(CNS(=O)(=O)c3c(F)cccc3F)ncn2)cc1. The van der Waals surface area contributed by atoms with Gasteiger partial charge in [0, 0.05) is 5.56 Å². The van der Waals surface area contributed by atoms with Gasteiger partial charge in [-0.1, -0.05) is 6.07 Å². The molecule has 1 N–H and O–H groups in total. The molecule has 0 unspecified atom stereocenters. The summed E-state index contributed by atoms with van der Waals surface area (Å²) >= 11 is 0. The number of ether oxygens (including phenoxy) is 1. The molecule has 0 amide bonds. The summed E-state index contributed by atoms with van der Waals surface area (Å²) in [6, 6.07) is 11.6. The van der Waals surface area contributed by atoms with Gasteiger partial charge in [-0.3, -0.25) is 0 Å². The van der Waals surface area contributed by atoms with Crippen molar-refractivity contribution in [1.82, 2.24) is 14.7 Å². The third-order valence-corrected chi connectivity index (χ3v) is 5.19. The van der Waals surface area contributed by atoms with Crippen molar-refractivity contribution in [2.24, 2.45) is 0 Å². The summed E-state index contributed by atoms with van der Waals surface area (Å²) in [4.78, 5) is 7.12. The molecule has 0 aliphatic heterocycles. The lowest BCUT2D eigenvalue weighted by atomic mass is 10.1. The summed E-state index contributed by atoms with van der Waals surface area (Å²) in [7, 11) is -2.83. The Kier molecular flexibility index (Phi) is 5.43. The first-order chi connectivity index (χ1) is 12.9. The van der Waals surface area contributed by atoms with Gasteiger partial charge >= 0.3 is 0 Å². The van der Waals surface area contributed by atoms with E-state index in [1.165, 1.54) is 6.33 Å². The van der Waals surface area contributed by atoms with E-state index in [1.807, 2.05) is 0 Å². The molecular formula is C18H15F2N3O3S. The van der Waals surface area contributed by atoms with Crippen LogP contribution in [0.25, 0.3) is 11.3 Å². The van der Waals surface area contributed by atoms with Crippen molar-refractivity contribution >= 4 is 10.0 Å². The smallest absolute Gasteiger partial charge is 0.246 e. The highest BCUT2D eigenvalue weighted by molar-refractivity contribution is 7.89. The molecule has 1 aromatic heterocycles. The minimum absolute atomic E-state index is 0.248. The zero-order valence-corrected chi connectivity index (χ0v) is 15.0. The second kappa shape index (κ2) is 7.77. The quantitative estimate of drug-likeness (QED) is 0.699. The van der Waals surface area contributed by atoms with Gasteiger partial charge < -0.3 is 4.74 Å². The molecule has 0 bridgehead atoms. The molecule has 9 heteroatoms. The number of halogens is 2. The summed E-state index contributed by atoms with van der Waals surface area (Å²) in [6.07, 6.45) is 1.28. The first-order valence-corrected chi connectivity index (χ1v) is 9.28. The van der Waals surface area contributed by atoms with Crippen LogP contribution in [0.5, 0.6) is 5.75 Å². The summed E-state index contributed by atoms with van der Waals surface area (Å²) in [5.74, 6) is -1.64. The minimum Gasteiger partial charge on any atom is -0.497 e. The number of methoxy groups -OCH3 is 1. The standard InChI is InChI=1S/C18H15F2N3O3S/c1-26-14-7-5-12(6-8-14)17-9-13(21-11-22-17)10-23-27(24,25)18-15(19)3-2-4-16(18)20/h2-9,11,23H,10H2,1H3. The van der Waals surface area contributed by atoms with Gasteiger partial charge in [-0.15, -0.1) is 0 Å². The van der Waals surface area contributed by atoms with Crippen LogP contribution in [0.1, 0.15) is 5.69 Å². The van der Waals surface area contributed by atoms with Gasteiger partial charge in [0.15, 0.2) is 4.90 Å². The highest BCUT2D eigenvalue weighted by atomic mass is 32.2. The third-order valence-electron chi connectivity index (χ3n) is 3.74. The summed E-state index contributed by atoms with van der Waals surface area (Å²) in [6.45, 7) is -0.248. The Hall–Kier alpha value is -2.91. The molecule has 0 radical (unpaired) electrons. The Labute approximate surface area is 154 Å². The zero-order valence-electron chi connectivity index (χ0n) is 14.2. The van der Waals surface area contributed by atoms with E-state index in [0.29, 0.717) is 17.1 Å². The largest absolute Gasteiger partial charge is 0.497 e. The van der Waals surface area contributed by atoms with E-state index in [9.17, 15) is 17.2 Å². The van der Waals surface area contributed by atoms with Crippen LogP contribution in [-0.4, -0.2) is 25.5 Å². The first-order valence-electron chi connectivity index (χ1n) is 7.80. The Morgan fingerprint density at radius 1 is 1.04 bits per heavy atom. The van der Waals surface area contributed by atoms with Crippen LogP contribution in [0.3, 0.4) is 0 Å². The molecule has 0 saturated heterocycles. The second-order valence-electron chi connectivity index (χ2n) is 5.50. The van der Waals surface area contributed by atoms with Gasteiger partial charge in [-0.25, -0.2) is 31.9 Å². The zero-order chi connectivity index (χ0) is 19.4. The Morgan fingerprint density at radius 2 is 1.70 bits per heavy atom. The molecule has 3 rings (SSSR count). The molecule has 0 fully saturated rings. The number of rotatable bonds is 6. The van der Waals surface area contributed by atoms with Crippen LogP contribution in [0.4, 0.5) is 8.78 Å². The van der Waals surface area contributed by atoms with E-state index >= 15 is 0 Å². The van der Waals surface area contributed by atoms with E-state index in [1.54, 1.807) is 37.4 Å². The summed E-state index contributed by atoms with van der Waals surface area (Å²) in [5.41, 5.74) is 1.69. The Balaban J connectivity index is 1.80. The predicted octanol–water partition coefficient (Wildman–Crippen LogP) is 2.91. The lowest BCUT2D eigenvalue weighted by Crippen LogP contribution is -2.25. The van der Waals surface area contributed by atoms with Crippen LogP contribution in [0.15, 0.2) is 59.8 Å². The monoisotopic (exact) mass is 391 g/mol. The van der Waals surface area contributed by atoms with Gasteiger partial charge in [-0.05, 0) is 42.5 Å². The van der Waals surface area contributed by atoms with Gasteiger partial charge in [-0.2, -0.15) is 0 Å². The average molecular weight is 391 g/mol. The number of nitrogens with one attached hydrogen (secondary N) is 1. The molecule has 3 aromatic rings. The van der Waals surface area contributed by atoms with Gasteiger partial charge in [0.25, 0.3) is 0 Å². The van der Waals surface area contributed by atoms with E-state index in [0.717, 1.165) is 23.8 Å². The number of nitrogens with zero attached hydrogens (tertiary/aromatic N) is 2. The molecule has 2 aromatic carbocycles. The molecule has 0 saturated carbocycles. The maximum Gasteiger partial charge on any atom is 0.246 e. The lowest BCUT2D eigenvalue weighted by Gasteiger charge is -2.09. The number of hydrogen-bond acceptors (Lipinski definition) is 5. The molecule has 27 heavy (non-hydrogen) atoms. The van der Waals surface area contributed by atoms with Crippen molar-refractivity contribution in [3.05, 3.63) is 72.2 Å². The fourth-order valence-electron chi connectivity index (χ4n) is 2.39. The van der Waals surface area contributed by atoms with Gasteiger partial charge in [0.2, 0.25) is 10.0 Å². The second-order valence-corrected chi connectivity index (χ2v) is 7.20. The van der Waals surface area contributed by atoms with Crippen LogP contribution < -0.4 is 9.46 Å². The van der Waals surface area contributed by atoms with E-state index in [4.69, 9.17) is 4.74 Å². The summed E-state index contributed by atoms with van der Waals surface area (Å²) in [5, 5.41) is 0. The van der Waals surface area contributed by atoms with Crippen LogP contribution in [0.2, 0.25) is 0 Å². The number of hydrogen-bond donors (Lipinski definition) is 1. The maximum absolute atomic E-state index is 13.7. The van der Waals surface area contributed by atoms with E-state index in [-0.39, 0.29) is 6.54 Å². The van der Waals surface area contributed by atoms with Crippen molar-refractivity contribution in [3.8, 4) is 17.0 Å². The fraction of sp³-hybridized carbons (Fsp3) is 0.111. The molecule has 0 aliphatic carbocycles. The highest BCUT2D eigenvalue weighted by Crippen LogP contribution is 2.21. The fourth-order valence-corrected chi connectivity index (χ4v) is 3.53.